The number of hydrogen-bond acceptors (Lipinski definition) is 6. The smallest absolute Gasteiger partial charge is 0.0967 e. The zero-order valence-electron chi connectivity index (χ0n) is 11.6. The first-order chi connectivity index (χ1) is 9.72. The van der Waals surface area contributed by atoms with Crippen molar-refractivity contribution in [3.05, 3.63) is 30.4 Å². The molecule has 2 aromatic heterocycles. The third-order valence-corrected chi connectivity index (χ3v) is 3.58. The number of nitrogen functional groups attached to an aromatic ring is 1. The zero-order chi connectivity index (χ0) is 13.9. The third kappa shape index (κ3) is 2.72. The summed E-state index contributed by atoms with van der Waals surface area (Å²) in [4.78, 5) is 8.73. The fraction of sp³-hybridized carbons (Fsp3) is 0.462. The zero-order valence-corrected chi connectivity index (χ0v) is 11.6. The summed E-state index contributed by atoms with van der Waals surface area (Å²) in [5.41, 5.74) is 8.82. The number of anilines is 2. The summed E-state index contributed by atoms with van der Waals surface area (Å²) < 4.78 is 1.74. The SMILES string of the molecule is Cn1cc(CN2CCN(c3ccncc3N)CC2)nn1. The summed E-state index contributed by atoms with van der Waals surface area (Å²) >= 11 is 0. The Morgan fingerprint density at radius 3 is 2.70 bits per heavy atom. The normalized spacial score (nSPS) is 16.6. The van der Waals surface area contributed by atoms with E-state index >= 15 is 0 Å². The Labute approximate surface area is 118 Å². The summed E-state index contributed by atoms with van der Waals surface area (Å²) in [6.45, 7) is 4.78. The Morgan fingerprint density at radius 2 is 2.05 bits per heavy atom. The van der Waals surface area contributed by atoms with Crippen LogP contribution in [0.4, 0.5) is 11.4 Å². The molecule has 106 valence electrons. The minimum atomic E-state index is 0.745. The van der Waals surface area contributed by atoms with Gasteiger partial charge in [0, 0.05) is 52.2 Å². The average molecular weight is 273 g/mol. The molecule has 0 bridgehead atoms. The number of rotatable bonds is 3. The second-order valence-electron chi connectivity index (χ2n) is 5.08. The van der Waals surface area contributed by atoms with E-state index in [-0.39, 0.29) is 0 Å². The second-order valence-corrected chi connectivity index (χ2v) is 5.08. The summed E-state index contributed by atoms with van der Waals surface area (Å²) in [6.07, 6.45) is 5.46. The van der Waals surface area contributed by atoms with E-state index in [1.54, 1.807) is 17.1 Å². The van der Waals surface area contributed by atoms with E-state index in [1.165, 1.54) is 0 Å². The van der Waals surface area contributed by atoms with Gasteiger partial charge in [-0.05, 0) is 6.07 Å². The summed E-state index contributed by atoms with van der Waals surface area (Å²) in [7, 11) is 1.89. The predicted molar refractivity (Wildman–Crippen MR) is 77.1 cm³/mol. The largest absolute Gasteiger partial charge is 0.396 e. The number of nitrogens with zero attached hydrogens (tertiary/aromatic N) is 6. The third-order valence-electron chi connectivity index (χ3n) is 3.58. The molecule has 7 heteroatoms. The molecule has 3 heterocycles. The van der Waals surface area contributed by atoms with Crippen LogP contribution >= 0.6 is 0 Å². The average Bonchev–Trinajstić information content (AvgIpc) is 2.86. The molecule has 1 aliphatic rings. The number of piperazine rings is 1. The van der Waals surface area contributed by atoms with Gasteiger partial charge in [-0.2, -0.15) is 0 Å². The van der Waals surface area contributed by atoms with E-state index in [4.69, 9.17) is 5.73 Å². The number of hydrogen-bond donors (Lipinski definition) is 1. The molecule has 1 fully saturated rings. The molecule has 1 aliphatic heterocycles. The van der Waals surface area contributed by atoms with Gasteiger partial charge in [-0.25, -0.2) is 0 Å². The molecule has 0 amide bonds. The van der Waals surface area contributed by atoms with Crippen LogP contribution in [0.5, 0.6) is 0 Å². The van der Waals surface area contributed by atoms with Crippen LogP contribution in [-0.2, 0) is 13.6 Å². The Kier molecular flexibility index (Phi) is 3.51. The molecule has 3 rings (SSSR count). The molecule has 0 unspecified atom stereocenters. The van der Waals surface area contributed by atoms with Crippen molar-refractivity contribution >= 4 is 11.4 Å². The van der Waals surface area contributed by atoms with Gasteiger partial charge in [0.25, 0.3) is 0 Å². The maximum Gasteiger partial charge on any atom is 0.0967 e. The molecule has 2 aromatic rings. The van der Waals surface area contributed by atoms with Gasteiger partial charge in [0.1, 0.15) is 0 Å². The van der Waals surface area contributed by atoms with Crippen LogP contribution in [0.25, 0.3) is 0 Å². The lowest BCUT2D eigenvalue weighted by atomic mass is 10.2. The number of aryl methyl sites for hydroxylation is 1. The second kappa shape index (κ2) is 5.46. The minimum Gasteiger partial charge on any atom is -0.396 e. The van der Waals surface area contributed by atoms with Gasteiger partial charge in [-0.15, -0.1) is 5.10 Å². The molecule has 7 nitrogen and oxygen atoms in total. The number of nitrogens with two attached hydrogens (primary N) is 1. The van der Waals surface area contributed by atoms with E-state index in [9.17, 15) is 0 Å². The van der Waals surface area contributed by atoms with Gasteiger partial charge in [0.2, 0.25) is 0 Å². The van der Waals surface area contributed by atoms with Gasteiger partial charge in [-0.3, -0.25) is 14.6 Å². The van der Waals surface area contributed by atoms with Crippen molar-refractivity contribution in [2.45, 2.75) is 6.54 Å². The molecule has 0 atom stereocenters. The standard InChI is InChI=1S/C13H19N7/c1-18-9-11(16-17-18)10-19-4-6-20(7-5-19)13-2-3-15-8-12(13)14/h2-3,8-9H,4-7,10,14H2,1H3. The summed E-state index contributed by atoms with van der Waals surface area (Å²) in [6, 6.07) is 1.98. The van der Waals surface area contributed by atoms with Crippen molar-refractivity contribution in [2.24, 2.45) is 7.05 Å². The van der Waals surface area contributed by atoms with E-state index in [0.29, 0.717) is 0 Å². The topological polar surface area (TPSA) is 76.1 Å². The van der Waals surface area contributed by atoms with Crippen molar-refractivity contribution in [1.82, 2.24) is 24.9 Å². The highest BCUT2D eigenvalue weighted by Crippen LogP contribution is 2.22. The highest BCUT2D eigenvalue weighted by Gasteiger charge is 2.19. The van der Waals surface area contributed by atoms with E-state index in [2.05, 4.69) is 25.1 Å². The lowest BCUT2D eigenvalue weighted by molar-refractivity contribution is 0.247. The molecule has 0 saturated carbocycles. The van der Waals surface area contributed by atoms with Crippen molar-refractivity contribution in [3.8, 4) is 0 Å². The first-order valence-electron chi connectivity index (χ1n) is 6.74. The first kappa shape index (κ1) is 12.9. The van der Waals surface area contributed by atoms with Crippen molar-refractivity contribution in [1.29, 1.82) is 0 Å². The maximum atomic E-state index is 5.97. The van der Waals surface area contributed by atoms with Crippen LogP contribution in [0.15, 0.2) is 24.7 Å². The Bertz CT molecular complexity index is 572. The molecule has 2 N–H and O–H groups in total. The van der Waals surface area contributed by atoms with Gasteiger partial charge in [-0.1, -0.05) is 5.21 Å². The molecule has 0 aromatic carbocycles. The van der Waals surface area contributed by atoms with Crippen molar-refractivity contribution < 1.29 is 0 Å². The molecule has 0 spiro atoms. The fourth-order valence-electron chi connectivity index (χ4n) is 2.53. The molecule has 1 saturated heterocycles. The lowest BCUT2D eigenvalue weighted by Gasteiger charge is -2.36. The highest BCUT2D eigenvalue weighted by molar-refractivity contribution is 5.66. The Morgan fingerprint density at radius 1 is 1.25 bits per heavy atom. The van der Waals surface area contributed by atoms with Crippen LogP contribution in [-0.4, -0.2) is 51.1 Å². The molecule has 20 heavy (non-hydrogen) atoms. The van der Waals surface area contributed by atoms with E-state index in [0.717, 1.165) is 49.8 Å². The predicted octanol–water partition coefficient (Wildman–Crippen LogP) is 0.115. The van der Waals surface area contributed by atoms with E-state index < -0.39 is 0 Å². The van der Waals surface area contributed by atoms with Crippen LogP contribution in [0.1, 0.15) is 5.69 Å². The summed E-state index contributed by atoms with van der Waals surface area (Å²) in [5.74, 6) is 0. The molecular weight excluding hydrogens is 254 g/mol. The van der Waals surface area contributed by atoms with Crippen LogP contribution in [0.2, 0.25) is 0 Å². The van der Waals surface area contributed by atoms with Gasteiger partial charge in [0.05, 0.1) is 23.3 Å². The quantitative estimate of drug-likeness (QED) is 0.855. The lowest BCUT2D eigenvalue weighted by Crippen LogP contribution is -2.46. The van der Waals surface area contributed by atoms with Crippen LogP contribution in [0.3, 0.4) is 0 Å². The molecule has 0 radical (unpaired) electrons. The fourth-order valence-corrected chi connectivity index (χ4v) is 2.53. The monoisotopic (exact) mass is 273 g/mol. The van der Waals surface area contributed by atoms with Crippen molar-refractivity contribution in [2.75, 3.05) is 36.8 Å². The van der Waals surface area contributed by atoms with Crippen LogP contribution < -0.4 is 10.6 Å². The van der Waals surface area contributed by atoms with Crippen molar-refractivity contribution in [3.63, 3.8) is 0 Å². The Hall–Kier alpha value is -2.15. The first-order valence-corrected chi connectivity index (χ1v) is 6.74. The van der Waals surface area contributed by atoms with Gasteiger partial charge >= 0.3 is 0 Å². The highest BCUT2D eigenvalue weighted by atomic mass is 15.4. The maximum absolute atomic E-state index is 5.97. The number of aromatic nitrogens is 4. The van der Waals surface area contributed by atoms with E-state index in [1.807, 2.05) is 19.3 Å². The van der Waals surface area contributed by atoms with Gasteiger partial charge in [0.15, 0.2) is 0 Å². The molecule has 0 aliphatic carbocycles. The molecular formula is C13H19N7. The van der Waals surface area contributed by atoms with Crippen LogP contribution in [0, 0.1) is 0 Å². The Balaban J connectivity index is 1.58. The number of pyridine rings is 1. The summed E-state index contributed by atoms with van der Waals surface area (Å²) in [5, 5.41) is 8.09. The van der Waals surface area contributed by atoms with Gasteiger partial charge < -0.3 is 10.6 Å². The minimum absolute atomic E-state index is 0.745.